The lowest BCUT2D eigenvalue weighted by molar-refractivity contribution is -0.123. The average Bonchev–Trinajstić information content (AvgIpc) is 3.08. The molecule has 0 aliphatic carbocycles. The van der Waals surface area contributed by atoms with E-state index in [9.17, 15) is 9.59 Å². The van der Waals surface area contributed by atoms with Crippen LogP contribution in [-0.2, 0) is 17.9 Å². The first-order valence-corrected chi connectivity index (χ1v) is 12.9. The van der Waals surface area contributed by atoms with Crippen molar-refractivity contribution in [1.29, 1.82) is 0 Å². The molecule has 0 N–H and O–H groups in total. The van der Waals surface area contributed by atoms with Gasteiger partial charge < -0.3 is 9.47 Å². The number of thioether (sulfide) groups is 1. The van der Waals surface area contributed by atoms with Gasteiger partial charge in [0.1, 0.15) is 6.61 Å². The van der Waals surface area contributed by atoms with Crippen LogP contribution >= 0.6 is 62.5 Å². The van der Waals surface area contributed by atoms with Crippen LogP contribution in [0.4, 0.5) is 4.79 Å². The average molecular weight is 614 g/mol. The number of hydrogen-bond donors (Lipinski definition) is 0. The summed E-state index contributed by atoms with van der Waals surface area (Å²) in [6, 6.07) is 15.9. The van der Waals surface area contributed by atoms with Crippen molar-refractivity contribution in [3.05, 3.63) is 95.7 Å². The lowest BCUT2D eigenvalue weighted by Gasteiger charge is -2.14. The van der Waals surface area contributed by atoms with Gasteiger partial charge in [0, 0.05) is 5.02 Å². The Morgan fingerprint density at radius 1 is 0.971 bits per heavy atom. The van der Waals surface area contributed by atoms with Gasteiger partial charge in [-0.15, -0.1) is 0 Å². The summed E-state index contributed by atoms with van der Waals surface area (Å²) in [5.74, 6) is 0.617. The molecule has 35 heavy (non-hydrogen) atoms. The maximum absolute atomic E-state index is 12.9. The van der Waals surface area contributed by atoms with Crippen LogP contribution in [0.15, 0.2) is 64.0 Å². The Hall–Kier alpha value is -2.16. The zero-order valence-corrected chi connectivity index (χ0v) is 22.9. The number of carbonyl (C=O) groups excluding carboxylic acids is 2. The summed E-state index contributed by atoms with van der Waals surface area (Å²) in [4.78, 5) is 27.0. The van der Waals surface area contributed by atoms with Gasteiger partial charge in [0.25, 0.3) is 11.1 Å². The van der Waals surface area contributed by atoms with Gasteiger partial charge in [-0.3, -0.25) is 14.5 Å². The quantitative estimate of drug-likeness (QED) is 0.251. The molecule has 0 atom stereocenters. The second-order valence-corrected chi connectivity index (χ2v) is 10.6. The molecule has 10 heteroatoms. The first kappa shape index (κ1) is 25.9. The molecule has 1 heterocycles. The Kier molecular flexibility index (Phi) is 8.34. The molecule has 180 valence electrons. The number of hydrogen-bond acceptors (Lipinski definition) is 5. The molecule has 1 aliphatic heterocycles. The lowest BCUT2D eigenvalue weighted by Crippen LogP contribution is -2.27. The second-order valence-electron chi connectivity index (χ2n) is 7.47. The third kappa shape index (κ3) is 6.16. The van der Waals surface area contributed by atoms with Gasteiger partial charge in [0.15, 0.2) is 11.5 Å². The Labute approximate surface area is 230 Å². The van der Waals surface area contributed by atoms with Crippen molar-refractivity contribution in [1.82, 2.24) is 4.90 Å². The van der Waals surface area contributed by atoms with Crippen molar-refractivity contribution < 1.29 is 19.1 Å². The van der Waals surface area contributed by atoms with Crippen LogP contribution < -0.4 is 9.47 Å². The predicted octanol–water partition coefficient (Wildman–Crippen LogP) is 8.23. The van der Waals surface area contributed by atoms with Gasteiger partial charge >= 0.3 is 0 Å². The predicted molar refractivity (Wildman–Crippen MR) is 144 cm³/mol. The highest BCUT2D eigenvalue weighted by Crippen LogP contribution is 2.40. The molecule has 4 rings (SSSR count). The maximum atomic E-state index is 12.9. The Bertz CT molecular complexity index is 1330. The molecule has 0 spiro atoms. The van der Waals surface area contributed by atoms with Crippen molar-refractivity contribution in [2.24, 2.45) is 0 Å². The summed E-state index contributed by atoms with van der Waals surface area (Å²) in [5.41, 5.74) is 2.32. The van der Waals surface area contributed by atoms with Gasteiger partial charge in [-0.05, 0) is 86.9 Å². The van der Waals surface area contributed by atoms with Gasteiger partial charge in [-0.2, -0.15) is 0 Å². The van der Waals surface area contributed by atoms with Crippen molar-refractivity contribution in [3.8, 4) is 11.5 Å². The van der Waals surface area contributed by atoms with Crippen LogP contribution in [0.5, 0.6) is 11.5 Å². The Morgan fingerprint density at radius 2 is 1.69 bits per heavy atom. The van der Waals surface area contributed by atoms with Crippen molar-refractivity contribution >= 4 is 79.7 Å². The number of benzene rings is 3. The zero-order valence-electron chi connectivity index (χ0n) is 18.2. The van der Waals surface area contributed by atoms with Crippen molar-refractivity contribution in [2.45, 2.75) is 13.2 Å². The van der Waals surface area contributed by atoms with E-state index in [2.05, 4.69) is 15.9 Å². The summed E-state index contributed by atoms with van der Waals surface area (Å²) >= 11 is 22.3. The van der Waals surface area contributed by atoms with Crippen LogP contribution in [0, 0.1) is 0 Å². The molecular weight excluding hydrogens is 597 g/mol. The number of ether oxygens (including phenoxy) is 2. The highest BCUT2D eigenvalue weighted by Gasteiger charge is 2.35. The minimum Gasteiger partial charge on any atom is -0.493 e. The third-order valence-electron chi connectivity index (χ3n) is 5.04. The molecule has 3 aromatic rings. The minimum atomic E-state index is -0.385. The smallest absolute Gasteiger partial charge is 0.293 e. The zero-order chi connectivity index (χ0) is 25.1. The first-order chi connectivity index (χ1) is 16.7. The summed E-state index contributed by atoms with van der Waals surface area (Å²) in [6.45, 7) is 0.419. The van der Waals surface area contributed by atoms with Gasteiger partial charge in [0.05, 0.1) is 33.1 Å². The van der Waals surface area contributed by atoms with E-state index < -0.39 is 0 Å². The van der Waals surface area contributed by atoms with E-state index in [-0.39, 0.29) is 17.7 Å². The number of imide groups is 1. The Morgan fingerprint density at radius 3 is 2.37 bits per heavy atom. The number of amides is 2. The third-order valence-corrected chi connectivity index (χ3v) is 7.53. The molecule has 3 aromatic carbocycles. The van der Waals surface area contributed by atoms with E-state index >= 15 is 0 Å². The second kappa shape index (κ2) is 11.3. The summed E-state index contributed by atoms with van der Waals surface area (Å²) in [7, 11) is 1.53. The van der Waals surface area contributed by atoms with E-state index in [1.165, 1.54) is 12.0 Å². The van der Waals surface area contributed by atoms with Crippen LogP contribution in [0.25, 0.3) is 6.08 Å². The number of methoxy groups -OCH3 is 1. The van der Waals surface area contributed by atoms with Crippen LogP contribution in [0.3, 0.4) is 0 Å². The van der Waals surface area contributed by atoms with E-state index in [1.54, 1.807) is 48.5 Å². The van der Waals surface area contributed by atoms with Crippen molar-refractivity contribution in [2.75, 3.05) is 7.11 Å². The highest BCUT2D eigenvalue weighted by atomic mass is 79.9. The van der Waals surface area contributed by atoms with Gasteiger partial charge in [-0.1, -0.05) is 53.0 Å². The largest absolute Gasteiger partial charge is 0.493 e. The van der Waals surface area contributed by atoms with Crippen LogP contribution in [-0.4, -0.2) is 23.2 Å². The summed E-state index contributed by atoms with van der Waals surface area (Å²) in [6.07, 6.45) is 1.65. The number of nitrogens with zero attached hydrogens (tertiary/aromatic N) is 1. The molecule has 0 unspecified atom stereocenters. The standard InChI is InChI=1S/C25H17BrCl3NO4S/c1-33-21-10-16(8-18(26)23(21)34-13-14-2-5-17(27)6-3-14)11-22-24(31)30(25(32)35-22)12-15-4-7-19(28)20(29)9-15/h2-11H,12-13H2,1H3/b22-11+. The number of rotatable bonds is 7. The highest BCUT2D eigenvalue weighted by molar-refractivity contribution is 9.10. The van der Waals surface area contributed by atoms with Crippen LogP contribution in [0.2, 0.25) is 15.1 Å². The monoisotopic (exact) mass is 611 g/mol. The molecule has 0 bridgehead atoms. The summed E-state index contributed by atoms with van der Waals surface area (Å²) in [5, 5.41) is 1.06. The molecule has 0 aromatic heterocycles. The van der Waals surface area contributed by atoms with E-state index in [0.29, 0.717) is 53.7 Å². The lowest BCUT2D eigenvalue weighted by atomic mass is 10.1. The normalized spacial score (nSPS) is 14.7. The van der Waals surface area contributed by atoms with Gasteiger partial charge in [-0.25, -0.2) is 0 Å². The maximum Gasteiger partial charge on any atom is 0.293 e. The molecule has 1 fully saturated rings. The number of halogens is 4. The fourth-order valence-electron chi connectivity index (χ4n) is 3.31. The Balaban J connectivity index is 1.52. The fourth-order valence-corrected chi connectivity index (χ4v) is 5.17. The molecule has 0 radical (unpaired) electrons. The van der Waals surface area contributed by atoms with Crippen LogP contribution in [0.1, 0.15) is 16.7 Å². The van der Waals surface area contributed by atoms with E-state index in [4.69, 9.17) is 44.3 Å². The number of carbonyl (C=O) groups is 2. The molecule has 5 nitrogen and oxygen atoms in total. The molecule has 1 saturated heterocycles. The van der Waals surface area contributed by atoms with E-state index in [1.807, 2.05) is 12.1 Å². The summed E-state index contributed by atoms with van der Waals surface area (Å²) < 4.78 is 12.1. The fraction of sp³-hybridized carbons (Fsp3) is 0.120. The first-order valence-electron chi connectivity index (χ1n) is 10.2. The minimum absolute atomic E-state index is 0.101. The van der Waals surface area contributed by atoms with E-state index in [0.717, 1.165) is 17.3 Å². The topological polar surface area (TPSA) is 55.8 Å². The van der Waals surface area contributed by atoms with Gasteiger partial charge in [0.2, 0.25) is 0 Å². The molecule has 2 amide bonds. The SMILES string of the molecule is COc1cc(/C=C2/SC(=O)N(Cc3ccc(Cl)c(Cl)c3)C2=O)cc(Br)c1OCc1ccc(Cl)cc1. The molecule has 1 aliphatic rings. The van der Waals surface area contributed by atoms with Crippen molar-refractivity contribution in [3.63, 3.8) is 0 Å². The molecule has 0 saturated carbocycles. The molecular formula is C25H17BrCl3NO4S.